The Labute approximate surface area is 547 Å². The Balaban J connectivity index is 2.17. The van der Waals surface area contributed by atoms with Crippen molar-refractivity contribution in [2.75, 3.05) is 13.2 Å². The van der Waals surface area contributed by atoms with E-state index in [-0.39, 0.29) is 12.5 Å². The zero-order valence-corrected chi connectivity index (χ0v) is 57.1. The molecule has 0 aromatic heterocycles. The number of hydrogen-bond acceptors (Lipinski definition) is 8. The van der Waals surface area contributed by atoms with Crippen LogP contribution >= 0.6 is 0 Å². The van der Waals surface area contributed by atoms with Crippen molar-refractivity contribution < 1.29 is 39.8 Å². The van der Waals surface area contributed by atoms with Gasteiger partial charge in [0.1, 0.15) is 24.4 Å². The second kappa shape index (κ2) is 67.2. The van der Waals surface area contributed by atoms with Gasteiger partial charge in [-0.05, 0) is 96.3 Å². The summed E-state index contributed by atoms with van der Waals surface area (Å²) in [5, 5.41) is 55.0. The van der Waals surface area contributed by atoms with Crippen LogP contribution in [0.5, 0.6) is 0 Å². The number of carbonyl (C=O) groups excluding carboxylic acids is 1. The van der Waals surface area contributed by atoms with E-state index in [2.05, 4.69) is 153 Å². The molecule has 1 aliphatic rings. The van der Waals surface area contributed by atoms with Gasteiger partial charge in [-0.15, -0.1) is 0 Å². The smallest absolute Gasteiger partial charge is 0.220 e. The number of nitrogens with one attached hydrogen (secondary N) is 1. The fourth-order valence-corrected chi connectivity index (χ4v) is 11.1. The molecule has 6 N–H and O–H groups in total. The molecule has 0 spiro atoms. The van der Waals surface area contributed by atoms with Crippen molar-refractivity contribution in [3.05, 3.63) is 134 Å². The SMILES string of the molecule is CC/C=C\C/C=C\C/C=C\C/C=C\C/C=C\C/C=C\C/C=C\C/C=C\C/C=C\C/C=C\C/C=C\CCCCCC(=O)NC(COC1OC(CO)C(O)C(O)C1O)C(O)CCCCCCCCCCCCCCCCCCCCCCCCCCCCCCC. The Hall–Kier alpha value is -3.67. The van der Waals surface area contributed by atoms with Gasteiger partial charge in [0, 0.05) is 6.42 Å². The highest BCUT2D eigenvalue weighted by molar-refractivity contribution is 5.76. The fraction of sp³-hybridized carbons (Fsp3) is 0.713. The van der Waals surface area contributed by atoms with Gasteiger partial charge >= 0.3 is 0 Å². The molecule has 1 aliphatic heterocycles. The minimum absolute atomic E-state index is 0.159. The molecule has 510 valence electrons. The standard InChI is InChI=1S/C80H137NO8/c1-3-5-7-9-11-13-15-17-19-21-23-25-27-29-31-33-34-35-36-37-38-39-40-42-44-46-48-50-52-54-56-58-60-62-64-66-68-70-76(84)81-73(72-88-80-79(87)78(86)77(85)75(71-82)89-80)74(83)69-67-65-63-61-59-57-55-53-51-49-47-45-43-41-32-30-28-26-24-22-20-18-16-14-12-10-8-6-4-2/h5,7,11,13,17,19,23,25,29,31,34-35,37-38,40,42,46,48,52,54,58,60,73-75,77-80,82-83,85-87H,3-4,6,8-10,12,14-16,18,20-22,24,26-28,30,32-33,36,39,41,43-45,47,49-51,53,55-57,59,61-72H2,1-2H3,(H,81,84)/b7-5-,13-11-,19-17-,25-23-,31-29-,35-34-,38-37-,42-40-,48-46-,54-52-,60-58-. The van der Waals surface area contributed by atoms with Crippen LogP contribution in [0.3, 0.4) is 0 Å². The molecule has 1 rings (SSSR count). The summed E-state index contributed by atoms with van der Waals surface area (Å²) in [5.74, 6) is -0.177. The molecule has 7 unspecified atom stereocenters. The second-order valence-electron chi connectivity index (χ2n) is 25.0. The first-order valence-electron chi connectivity index (χ1n) is 36.9. The second-order valence-corrected chi connectivity index (χ2v) is 25.0. The highest BCUT2D eigenvalue weighted by Gasteiger charge is 2.44. The van der Waals surface area contributed by atoms with Gasteiger partial charge < -0.3 is 40.3 Å². The third-order valence-corrected chi connectivity index (χ3v) is 16.8. The zero-order chi connectivity index (χ0) is 64.2. The number of ether oxygens (including phenoxy) is 2. The molecule has 0 aromatic carbocycles. The largest absolute Gasteiger partial charge is 0.394 e. The minimum Gasteiger partial charge on any atom is -0.394 e. The van der Waals surface area contributed by atoms with E-state index in [1.807, 2.05) is 0 Å². The molecule has 9 heteroatoms. The van der Waals surface area contributed by atoms with Crippen LogP contribution in [-0.2, 0) is 14.3 Å². The Bertz CT molecular complexity index is 1870. The fourth-order valence-electron chi connectivity index (χ4n) is 11.1. The Morgan fingerprint density at radius 3 is 1.02 bits per heavy atom. The van der Waals surface area contributed by atoms with Gasteiger partial charge in [0.25, 0.3) is 0 Å². The van der Waals surface area contributed by atoms with Crippen molar-refractivity contribution >= 4 is 5.91 Å². The van der Waals surface area contributed by atoms with Crippen molar-refractivity contribution in [1.29, 1.82) is 0 Å². The normalized spacial score (nSPS) is 18.7. The summed E-state index contributed by atoms with van der Waals surface area (Å²) in [4.78, 5) is 13.2. The van der Waals surface area contributed by atoms with Gasteiger partial charge in [-0.2, -0.15) is 0 Å². The van der Waals surface area contributed by atoms with Crippen LogP contribution < -0.4 is 5.32 Å². The molecule has 7 atom stereocenters. The summed E-state index contributed by atoms with van der Waals surface area (Å²) in [6.07, 6.45) is 95.2. The number of rotatable bonds is 63. The summed E-state index contributed by atoms with van der Waals surface area (Å²) in [6, 6.07) is -0.749. The van der Waals surface area contributed by atoms with E-state index in [1.54, 1.807) is 0 Å². The molecule has 9 nitrogen and oxygen atoms in total. The van der Waals surface area contributed by atoms with Gasteiger partial charge in [0.05, 0.1) is 25.4 Å². The maximum Gasteiger partial charge on any atom is 0.220 e. The zero-order valence-electron chi connectivity index (χ0n) is 57.1. The van der Waals surface area contributed by atoms with Crippen LogP contribution in [0.4, 0.5) is 0 Å². The maximum atomic E-state index is 13.2. The maximum absolute atomic E-state index is 13.2. The summed E-state index contributed by atoms with van der Waals surface area (Å²) >= 11 is 0. The number of allylic oxidation sites excluding steroid dienone is 22. The summed E-state index contributed by atoms with van der Waals surface area (Å²) in [7, 11) is 0. The highest BCUT2D eigenvalue weighted by Crippen LogP contribution is 2.24. The molecule has 0 aliphatic carbocycles. The lowest BCUT2D eigenvalue weighted by Crippen LogP contribution is -2.60. The van der Waals surface area contributed by atoms with Crippen LogP contribution in [0.15, 0.2) is 134 Å². The van der Waals surface area contributed by atoms with E-state index < -0.39 is 49.5 Å². The number of amides is 1. The van der Waals surface area contributed by atoms with Gasteiger partial charge in [-0.25, -0.2) is 0 Å². The molecule has 0 radical (unpaired) electrons. The van der Waals surface area contributed by atoms with E-state index in [9.17, 15) is 30.3 Å². The first kappa shape index (κ1) is 83.3. The van der Waals surface area contributed by atoms with Crippen molar-refractivity contribution in [3.63, 3.8) is 0 Å². The lowest BCUT2D eigenvalue weighted by molar-refractivity contribution is -0.302. The van der Waals surface area contributed by atoms with E-state index in [0.717, 1.165) is 116 Å². The van der Waals surface area contributed by atoms with Gasteiger partial charge in [0.2, 0.25) is 5.91 Å². The van der Waals surface area contributed by atoms with E-state index >= 15 is 0 Å². The third-order valence-electron chi connectivity index (χ3n) is 16.8. The van der Waals surface area contributed by atoms with Gasteiger partial charge in [-0.3, -0.25) is 4.79 Å². The monoisotopic (exact) mass is 1240 g/mol. The predicted molar refractivity (Wildman–Crippen MR) is 382 cm³/mol. The van der Waals surface area contributed by atoms with E-state index in [1.165, 1.54) is 167 Å². The number of hydrogen-bond donors (Lipinski definition) is 6. The molecule has 0 bridgehead atoms. The Morgan fingerprint density at radius 1 is 0.393 bits per heavy atom. The van der Waals surface area contributed by atoms with Crippen LogP contribution in [-0.4, -0.2) is 87.5 Å². The predicted octanol–water partition coefficient (Wildman–Crippen LogP) is 20.8. The summed E-state index contributed by atoms with van der Waals surface area (Å²) < 4.78 is 11.4. The van der Waals surface area contributed by atoms with Crippen LogP contribution in [0.2, 0.25) is 0 Å². The lowest BCUT2D eigenvalue weighted by Gasteiger charge is -2.40. The number of unbranched alkanes of at least 4 members (excludes halogenated alkanes) is 31. The van der Waals surface area contributed by atoms with Crippen molar-refractivity contribution in [2.45, 2.75) is 352 Å². The highest BCUT2D eigenvalue weighted by atomic mass is 16.7. The molecule has 1 amide bonds. The molecule has 1 saturated heterocycles. The van der Waals surface area contributed by atoms with Gasteiger partial charge in [0.15, 0.2) is 6.29 Å². The van der Waals surface area contributed by atoms with E-state index in [0.29, 0.717) is 12.8 Å². The molecule has 89 heavy (non-hydrogen) atoms. The number of aliphatic hydroxyl groups excluding tert-OH is 5. The number of aliphatic hydroxyl groups is 5. The van der Waals surface area contributed by atoms with Crippen LogP contribution in [0.25, 0.3) is 0 Å². The average Bonchev–Trinajstić information content (AvgIpc) is 2.28. The molecule has 0 saturated carbocycles. The van der Waals surface area contributed by atoms with Crippen molar-refractivity contribution in [1.82, 2.24) is 5.32 Å². The Morgan fingerprint density at radius 2 is 0.697 bits per heavy atom. The first-order chi connectivity index (χ1) is 43.8. The lowest BCUT2D eigenvalue weighted by atomic mass is 9.99. The minimum atomic E-state index is -1.57. The van der Waals surface area contributed by atoms with E-state index in [4.69, 9.17) is 9.47 Å². The topological polar surface area (TPSA) is 149 Å². The molecule has 1 fully saturated rings. The first-order valence-corrected chi connectivity index (χ1v) is 36.9. The Kier molecular flexibility index (Phi) is 63.0. The molecular formula is C80H137NO8. The molecule has 0 aromatic rings. The molecule has 1 heterocycles. The van der Waals surface area contributed by atoms with Crippen LogP contribution in [0, 0.1) is 0 Å². The summed E-state index contributed by atoms with van der Waals surface area (Å²) in [5.41, 5.74) is 0. The number of carbonyl (C=O) groups is 1. The van der Waals surface area contributed by atoms with Crippen molar-refractivity contribution in [3.8, 4) is 0 Å². The van der Waals surface area contributed by atoms with Crippen molar-refractivity contribution in [2.24, 2.45) is 0 Å². The third kappa shape index (κ3) is 55.7. The summed E-state index contributed by atoms with van der Waals surface area (Å²) in [6.45, 7) is 3.73. The average molecular weight is 1240 g/mol. The molecular weight excluding hydrogens is 1100 g/mol. The van der Waals surface area contributed by atoms with Gasteiger partial charge in [-0.1, -0.05) is 340 Å². The quantitative estimate of drug-likeness (QED) is 0.0261. The van der Waals surface area contributed by atoms with Crippen LogP contribution in [0.1, 0.15) is 309 Å².